The number of carboxylic acids is 1. The summed E-state index contributed by atoms with van der Waals surface area (Å²) in [4.78, 5) is 24.4. The number of hydrogen-bond acceptors (Lipinski definition) is 3. The van der Waals surface area contributed by atoms with Crippen molar-refractivity contribution in [2.45, 2.75) is 45.1 Å². The van der Waals surface area contributed by atoms with E-state index in [1.54, 1.807) is 17.8 Å². The van der Waals surface area contributed by atoms with Gasteiger partial charge in [0, 0.05) is 6.20 Å². The highest BCUT2D eigenvalue weighted by Gasteiger charge is 2.42. The van der Waals surface area contributed by atoms with Crippen molar-refractivity contribution in [3.05, 3.63) is 47.8 Å². The number of hydrogen-bond donors (Lipinski definition) is 2. The number of amides is 1. The highest BCUT2D eigenvalue weighted by Crippen LogP contribution is 2.34. The summed E-state index contributed by atoms with van der Waals surface area (Å²) in [5.41, 5.74) is 1.23. The third-order valence-electron chi connectivity index (χ3n) is 5.07. The molecule has 1 saturated carbocycles. The number of carbonyl (C=O) groups is 2. The molecule has 3 rings (SSSR count). The van der Waals surface area contributed by atoms with Gasteiger partial charge in [0.25, 0.3) is 5.91 Å². The van der Waals surface area contributed by atoms with Crippen molar-refractivity contribution < 1.29 is 14.7 Å². The van der Waals surface area contributed by atoms with Gasteiger partial charge in [0.05, 0.1) is 28.4 Å². The Kier molecular flexibility index (Phi) is 4.61. The van der Waals surface area contributed by atoms with Crippen molar-refractivity contribution >= 4 is 11.9 Å². The van der Waals surface area contributed by atoms with Gasteiger partial charge in [0.15, 0.2) is 0 Å². The summed E-state index contributed by atoms with van der Waals surface area (Å²) in [6.45, 7) is 3.62. The van der Waals surface area contributed by atoms with E-state index in [4.69, 9.17) is 0 Å². The van der Waals surface area contributed by atoms with E-state index in [0.717, 1.165) is 18.5 Å². The van der Waals surface area contributed by atoms with Crippen LogP contribution in [0.1, 0.15) is 48.7 Å². The minimum absolute atomic E-state index is 0.268. The van der Waals surface area contributed by atoms with Crippen molar-refractivity contribution in [3.8, 4) is 5.69 Å². The number of aliphatic carboxylic acids is 1. The topological polar surface area (TPSA) is 84.2 Å². The van der Waals surface area contributed by atoms with Crippen LogP contribution in [0.15, 0.2) is 36.5 Å². The fourth-order valence-electron chi connectivity index (χ4n) is 3.60. The number of para-hydroxylation sites is 1. The van der Waals surface area contributed by atoms with Crippen molar-refractivity contribution in [1.82, 2.24) is 15.1 Å². The minimum Gasteiger partial charge on any atom is -0.481 e. The highest BCUT2D eigenvalue weighted by molar-refractivity contribution is 5.96. The summed E-state index contributed by atoms with van der Waals surface area (Å²) in [5, 5.41) is 16.9. The molecule has 0 spiro atoms. The number of carbonyl (C=O) groups excluding carboxylic acids is 1. The summed E-state index contributed by atoms with van der Waals surface area (Å²) in [5.74, 6) is -1.68. The predicted octanol–water partition coefficient (Wildman–Crippen LogP) is 2.94. The number of aromatic nitrogens is 2. The van der Waals surface area contributed by atoms with Gasteiger partial charge in [-0.25, -0.2) is 4.68 Å². The molecular weight excluding hydrogens is 318 g/mol. The summed E-state index contributed by atoms with van der Waals surface area (Å²) in [6, 6.07) is 9.57. The molecule has 2 aromatic rings. The largest absolute Gasteiger partial charge is 0.481 e. The number of rotatable bonds is 4. The van der Waals surface area contributed by atoms with E-state index >= 15 is 0 Å². The summed E-state index contributed by atoms with van der Waals surface area (Å²) >= 11 is 0. The molecule has 1 aromatic heterocycles. The summed E-state index contributed by atoms with van der Waals surface area (Å²) < 4.78 is 1.67. The predicted molar refractivity (Wildman–Crippen MR) is 93.8 cm³/mol. The van der Waals surface area contributed by atoms with Crippen LogP contribution in [0.2, 0.25) is 0 Å². The SMILES string of the molecule is Cc1nn(-c2ccccc2)cc1C(=O)NC1(C)CCCCC1C(=O)O. The summed E-state index contributed by atoms with van der Waals surface area (Å²) in [7, 11) is 0. The van der Waals surface area contributed by atoms with Gasteiger partial charge < -0.3 is 10.4 Å². The lowest BCUT2D eigenvalue weighted by Crippen LogP contribution is -2.55. The van der Waals surface area contributed by atoms with Crippen LogP contribution in [0, 0.1) is 12.8 Å². The number of aryl methyl sites for hydroxylation is 1. The summed E-state index contributed by atoms with van der Waals surface area (Å²) in [6.07, 6.45) is 4.76. The molecule has 1 amide bonds. The lowest BCUT2D eigenvalue weighted by Gasteiger charge is -2.39. The van der Waals surface area contributed by atoms with Crippen LogP contribution in [-0.2, 0) is 4.79 Å². The second-order valence-electron chi connectivity index (χ2n) is 6.92. The van der Waals surface area contributed by atoms with Crippen molar-refractivity contribution in [3.63, 3.8) is 0 Å². The van der Waals surface area contributed by atoms with Crippen molar-refractivity contribution in [2.24, 2.45) is 5.92 Å². The van der Waals surface area contributed by atoms with E-state index in [9.17, 15) is 14.7 Å². The minimum atomic E-state index is -0.848. The Labute approximate surface area is 146 Å². The molecular formula is C19H23N3O3. The first-order chi connectivity index (χ1) is 11.9. The number of nitrogens with zero attached hydrogens (tertiary/aromatic N) is 2. The molecule has 1 heterocycles. The van der Waals surface area contributed by atoms with Crippen LogP contribution in [0.3, 0.4) is 0 Å². The van der Waals surface area contributed by atoms with Gasteiger partial charge in [-0.05, 0) is 38.8 Å². The zero-order valence-corrected chi connectivity index (χ0v) is 14.5. The average Bonchev–Trinajstić information content (AvgIpc) is 2.97. The van der Waals surface area contributed by atoms with E-state index in [2.05, 4.69) is 10.4 Å². The van der Waals surface area contributed by atoms with Crippen LogP contribution >= 0.6 is 0 Å². The molecule has 25 heavy (non-hydrogen) atoms. The molecule has 0 aliphatic heterocycles. The molecule has 1 aliphatic rings. The van der Waals surface area contributed by atoms with Gasteiger partial charge in [-0.3, -0.25) is 9.59 Å². The fraction of sp³-hybridized carbons (Fsp3) is 0.421. The third-order valence-corrected chi connectivity index (χ3v) is 5.07. The Balaban J connectivity index is 1.84. The van der Waals surface area contributed by atoms with Crippen LogP contribution in [0.5, 0.6) is 0 Å². The second kappa shape index (κ2) is 6.70. The maximum absolute atomic E-state index is 12.8. The third kappa shape index (κ3) is 3.43. The van der Waals surface area contributed by atoms with Crippen molar-refractivity contribution in [1.29, 1.82) is 0 Å². The van der Waals surface area contributed by atoms with Gasteiger partial charge in [-0.2, -0.15) is 5.10 Å². The zero-order chi connectivity index (χ0) is 18.0. The first-order valence-electron chi connectivity index (χ1n) is 8.58. The van der Waals surface area contributed by atoms with Gasteiger partial charge in [-0.1, -0.05) is 31.0 Å². The lowest BCUT2D eigenvalue weighted by atomic mass is 9.73. The van der Waals surface area contributed by atoms with Crippen LogP contribution in [-0.4, -0.2) is 32.3 Å². The molecule has 0 saturated heterocycles. The quantitative estimate of drug-likeness (QED) is 0.895. The maximum atomic E-state index is 12.8. The van der Waals surface area contributed by atoms with Crippen molar-refractivity contribution in [2.75, 3.05) is 0 Å². The van der Waals surface area contributed by atoms with E-state index in [1.165, 1.54) is 0 Å². The first-order valence-corrected chi connectivity index (χ1v) is 8.58. The van der Waals surface area contributed by atoms with Gasteiger partial charge in [0.2, 0.25) is 0 Å². The van der Waals surface area contributed by atoms with Gasteiger partial charge >= 0.3 is 5.97 Å². The van der Waals surface area contributed by atoms with Crippen LogP contribution in [0.4, 0.5) is 0 Å². The molecule has 132 valence electrons. The Bertz CT molecular complexity index is 784. The van der Waals surface area contributed by atoms with Gasteiger partial charge in [0.1, 0.15) is 0 Å². The molecule has 1 fully saturated rings. The molecule has 2 unspecified atom stereocenters. The fourth-order valence-corrected chi connectivity index (χ4v) is 3.60. The molecule has 2 N–H and O–H groups in total. The highest BCUT2D eigenvalue weighted by atomic mass is 16.4. The second-order valence-corrected chi connectivity index (χ2v) is 6.92. The number of carboxylic acid groups (broad SMARTS) is 1. The van der Waals surface area contributed by atoms with Crippen LogP contribution < -0.4 is 5.32 Å². The van der Waals surface area contributed by atoms with E-state index in [-0.39, 0.29) is 5.91 Å². The molecule has 0 bridgehead atoms. The average molecular weight is 341 g/mol. The molecule has 1 aromatic carbocycles. The monoisotopic (exact) mass is 341 g/mol. The number of nitrogens with one attached hydrogen (secondary N) is 1. The molecule has 2 atom stereocenters. The molecule has 0 radical (unpaired) electrons. The molecule has 6 heteroatoms. The maximum Gasteiger partial charge on any atom is 0.308 e. The van der Waals surface area contributed by atoms with E-state index < -0.39 is 17.4 Å². The lowest BCUT2D eigenvalue weighted by molar-refractivity contribution is -0.145. The van der Waals surface area contributed by atoms with Crippen LogP contribution in [0.25, 0.3) is 5.69 Å². The first kappa shape index (κ1) is 17.2. The normalized spacial score (nSPS) is 23.2. The molecule has 1 aliphatic carbocycles. The zero-order valence-electron chi connectivity index (χ0n) is 14.5. The Morgan fingerprint density at radius 2 is 2.00 bits per heavy atom. The smallest absolute Gasteiger partial charge is 0.308 e. The number of benzene rings is 1. The van der Waals surface area contributed by atoms with Gasteiger partial charge in [-0.15, -0.1) is 0 Å². The van der Waals surface area contributed by atoms with E-state index in [1.807, 2.05) is 37.3 Å². The Morgan fingerprint density at radius 1 is 1.28 bits per heavy atom. The Hall–Kier alpha value is -2.63. The standard InChI is InChI=1S/C19H23N3O3/c1-13-15(12-22(21-13)14-8-4-3-5-9-14)17(23)20-19(2)11-7-6-10-16(19)18(24)25/h3-5,8-9,12,16H,6-7,10-11H2,1-2H3,(H,20,23)(H,24,25). The Morgan fingerprint density at radius 3 is 2.68 bits per heavy atom. The molecule has 6 nitrogen and oxygen atoms in total. The van der Waals surface area contributed by atoms with E-state index in [0.29, 0.717) is 24.1 Å².